The number of ether oxygens (including phenoxy) is 1. The summed E-state index contributed by atoms with van der Waals surface area (Å²) >= 11 is 0. The Bertz CT molecular complexity index is 880. The van der Waals surface area contributed by atoms with E-state index in [-0.39, 0.29) is 24.2 Å². The van der Waals surface area contributed by atoms with Gasteiger partial charge >= 0.3 is 0 Å². The van der Waals surface area contributed by atoms with Gasteiger partial charge in [0.25, 0.3) is 0 Å². The van der Waals surface area contributed by atoms with Crippen molar-refractivity contribution in [2.24, 2.45) is 0 Å². The minimum atomic E-state index is -0.567. The van der Waals surface area contributed by atoms with Gasteiger partial charge in [-0.15, -0.1) is 0 Å². The summed E-state index contributed by atoms with van der Waals surface area (Å²) < 4.78 is 19.4. The lowest BCUT2D eigenvalue weighted by atomic mass is 10.0. The average Bonchev–Trinajstić information content (AvgIpc) is 3.04. The maximum Gasteiger partial charge on any atom is 0.224 e. The molecule has 130 valence electrons. The van der Waals surface area contributed by atoms with Gasteiger partial charge in [-0.05, 0) is 30.7 Å². The van der Waals surface area contributed by atoms with Crippen LogP contribution < -0.4 is 5.32 Å². The quantitative estimate of drug-likeness (QED) is 0.721. The van der Waals surface area contributed by atoms with Crippen LogP contribution in [0.4, 0.5) is 4.39 Å². The number of hydrogen-bond acceptors (Lipinski definition) is 4. The Morgan fingerprint density at radius 3 is 2.76 bits per heavy atom. The second-order valence-corrected chi connectivity index (χ2v) is 5.86. The summed E-state index contributed by atoms with van der Waals surface area (Å²) in [5, 5.41) is 13.4. The molecule has 0 radical (unpaired) electrons. The Hall–Kier alpha value is -2.80. The normalized spacial score (nSPS) is 13.6. The maximum absolute atomic E-state index is 14.0. The van der Waals surface area contributed by atoms with Gasteiger partial charge in [-0.3, -0.25) is 4.79 Å². The summed E-state index contributed by atoms with van der Waals surface area (Å²) in [7, 11) is 1.50. The van der Waals surface area contributed by atoms with E-state index < -0.39 is 6.10 Å². The standard InChI is InChI=1S/C18H19FN4O2/c1-11(18(25-2)13-5-3-4-6-14(13)19)20-17(24)10-12-7-8-15-16(9-12)22-23-21-15/h3-9,11,18H,10H2,1-2H3,(H,20,24)(H,21,22,23). The van der Waals surface area contributed by atoms with Crippen molar-refractivity contribution in [3.8, 4) is 0 Å². The number of aromatic amines is 1. The molecule has 0 spiro atoms. The molecule has 25 heavy (non-hydrogen) atoms. The van der Waals surface area contributed by atoms with Gasteiger partial charge in [-0.1, -0.05) is 24.3 Å². The fourth-order valence-electron chi connectivity index (χ4n) is 2.87. The number of fused-ring (bicyclic) bond motifs is 1. The van der Waals surface area contributed by atoms with Crippen LogP contribution in [0.25, 0.3) is 11.0 Å². The van der Waals surface area contributed by atoms with Gasteiger partial charge in [0.1, 0.15) is 23.0 Å². The maximum atomic E-state index is 14.0. The first-order chi connectivity index (χ1) is 12.1. The Morgan fingerprint density at radius 1 is 1.24 bits per heavy atom. The van der Waals surface area contributed by atoms with Gasteiger partial charge in [0.2, 0.25) is 5.91 Å². The molecule has 6 nitrogen and oxygen atoms in total. The molecule has 7 heteroatoms. The summed E-state index contributed by atoms with van der Waals surface area (Å²) in [6.45, 7) is 1.79. The SMILES string of the molecule is COC(c1ccccc1F)C(C)NC(=O)Cc1ccc2n[nH]nc2c1. The monoisotopic (exact) mass is 342 g/mol. The van der Waals surface area contributed by atoms with E-state index in [0.717, 1.165) is 11.1 Å². The van der Waals surface area contributed by atoms with Crippen molar-refractivity contribution in [2.75, 3.05) is 7.11 Å². The van der Waals surface area contributed by atoms with Crippen LogP contribution in [0.2, 0.25) is 0 Å². The molecule has 0 fully saturated rings. The van der Waals surface area contributed by atoms with Crippen molar-refractivity contribution in [3.63, 3.8) is 0 Å². The van der Waals surface area contributed by atoms with E-state index in [2.05, 4.69) is 20.7 Å². The molecular formula is C18H19FN4O2. The van der Waals surface area contributed by atoms with Gasteiger partial charge in [0.15, 0.2) is 0 Å². The average molecular weight is 342 g/mol. The largest absolute Gasteiger partial charge is 0.375 e. The fourth-order valence-corrected chi connectivity index (χ4v) is 2.87. The Balaban J connectivity index is 1.67. The Labute approximate surface area is 144 Å². The third-order valence-electron chi connectivity index (χ3n) is 4.05. The number of halogens is 1. The lowest BCUT2D eigenvalue weighted by Gasteiger charge is -2.24. The number of hydrogen-bond donors (Lipinski definition) is 2. The van der Waals surface area contributed by atoms with Crippen LogP contribution in [0.5, 0.6) is 0 Å². The number of carbonyl (C=O) groups excluding carboxylic acids is 1. The molecule has 2 atom stereocenters. The van der Waals surface area contributed by atoms with Crippen LogP contribution >= 0.6 is 0 Å². The van der Waals surface area contributed by atoms with E-state index >= 15 is 0 Å². The molecule has 0 aliphatic carbocycles. The molecule has 2 unspecified atom stereocenters. The zero-order valence-corrected chi connectivity index (χ0v) is 14.0. The number of aromatic nitrogens is 3. The number of nitrogens with zero attached hydrogens (tertiary/aromatic N) is 2. The van der Waals surface area contributed by atoms with Crippen LogP contribution in [0.1, 0.15) is 24.2 Å². The van der Waals surface area contributed by atoms with E-state index in [9.17, 15) is 9.18 Å². The van der Waals surface area contributed by atoms with Crippen molar-refractivity contribution in [1.29, 1.82) is 0 Å². The first-order valence-electron chi connectivity index (χ1n) is 7.94. The molecule has 1 heterocycles. The molecule has 2 N–H and O–H groups in total. The first kappa shape index (κ1) is 17.0. The van der Waals surface area contributed by atoms with Crippen molar-refractivity contribution in [2.45, 2.75) is 25.5 Å². The molecule has 3 rings (SSSR count). The summed E-state index contributed by atoms with van der Waals surface area (Å²) in [6, 6.07) is 11.5. The van der Waals surface area contributed by atoms with Crippen LogP contribution in [-0.2, 0) is 16.0 Å². The molecule has 0 bridgehead atoms. The van der Waals surface area contributed by atoms with Gasteiger partial charge in [-0.25, -0.2) is 4.39 Å². The number of carbonyl (C=O) groups is 1. The minimum Gasteiger partial charge on any atom is -0.375 e. The van der Waals surface area contributed by atoms with Crippen molar-refractivity contribution < 1.29 is 13.9 Å². The van der Waals surface area contributed by atoms with E-state index in [1.54, 1.807) is 25.1 Å². The summed E-state index contributed by atoms with van der Waals surface area (Å²) in [4.78, 5) is 12.3. The second-order valence-electron chi connectivity index (χ2n) is 5.86. The lowest BCUT2D eigenvalue weighted by molar-refractivity contribution is -0.122. The van der Waals surface area contributed by atoms with Gasteiger partial charge in [-0.2, -0.15) is 15.4 Å². The smallest absolute Gasteiger partial charge is 0.224 e. The Morgan fingerprint density at radius 2 is 2.00 bits per heavy atom. The van der Waals surface area contributed by atoms with E-state index in [1.165, 1.54) is 13.2 Å². The topological polar surface area (TPSA) is 79.9 Å². The van der Waals surface area contributed by atoms with Crippen LogP contribution in [0.3, 0.4) is 0 Å². The van der Waals surface area contributed by atoms with Crippen molar-refractivity contribution >= 4 is 16.9 Å². The molecule has 1 aromatic heterocycles. The molecule has 3 aromatic rings. The van der Waals surface area contributed by atoms with Crippen LogP contribution in [0, 0.1) is 5.82 Å². The highest BCUT2D eigenvalue weighted by Gasteiger charge is 2.23. The number of rotatable bonds is 6. The van der Waals surface area contributed by atoms with E-state index in [1.807, 2.05) is 18.2 Å². The molecule has 2 aromatic carbocycles. The number of H-pyrrole nitrogens is 1. The molecular weight excluding hydrogens is 323 g/mol. The fraction of sp³-hybridized carbons (Fsp3) is 0.278. The summed E-state index contributed by atoms with van der Waals surface area (Å²) in [5.74, 6) is -0.527. The summed E-state index contributed by atoms with van der Waals surface area (Å²) in [5.41, 5.74) is 2.70. The van der Waals surface area contributed by atoms with E-state index in [0.29, 0.717) is 11.1 Å². The highest BCUT2D eigenvalue weighted by molar-refractivity contribution is 5.81. The zero-order chi connectivity index (χ0) is 17.8. The predicted octanol–water partition coefficient (Wildman–Crippen LogP) is 2.53. The number of amides is 1. The highest BCUT2D eigenvalue weighted by Crippen LogP contribution is 2.23. The molecule has 0 saturated carbocycles. The third kappa shape index (κ3) is 3.83. The highest BCUT2D eigenvalue weighted by atomic mass is 19.1. The Kier molecular flexibility index (Phi) is 5.04. The van der Waals surface area contributed by atoms with E-state index in [4.69, 9.17) is 4.74 Å². The first-order valence-corrected chi connectivity index (χ1v) is 7.94. The van der Waals surface area contributed by atoms with Crippen molar-refractivity contribution in [1.82, 2.24) is 20.7 Å². The zero-order valence-electron chi connectivity index (χ0n) is 14.0. The number of methoxy groups -OCH3 is 1. The minimum absolute atomic E-state index is 0.172. The molecule has 0 aliphatic heterocycles. The van der Waals surface area contributed by atoms with Crippen LogP contribution in [-0.4, -0.2) is 34.5 Å². The van der Waals surface area contributed by atoms with Gasteiger partial charge in [0, 0.05) is 12.7 Å². The molecule has 1 amide bonds. The molecule has 0 saturated heterocycles. The number of nitrogens with one attached hydrogen (secondary N) is 2. The predicted molar refractivity (Wildman–Crippen MR) is 91.3 cm³/mol. The second kappa shape index (κ2) is 7.40. The van der Waals surface area contributed by atoms with Gasteiger partial charge in [0.05, 0.1) is 12.5 Å². The summed E-state index contributed by atoms with van der Waals surface area (Å²) in [6.07, 6.45) is -0.371. The van der Waals surface area contributed by atoms with Crippen LogP contribution in [0.15, 0.2) is 42.5 Å². The number of benzene rings is 2. The molecule has 0 aliphatic rings. The lowest BCUT2D eigenvalue weighted by Crippen LogP contribution is -2.38. The third-order valence-corrected chi connectivity index (χ3v) is 4.05. The van der Waals surface area contributed by atoms with Crippen molar-refractivity contribution in [3.05, 3.63) is 59.4 Å². The van der Waals surface area contributed by atoms with Gasteiger partial charge < -0.3 is 10.1 Å².